The molecule has 1 aliphatic rings. The fraction of sp³-hybridized carbons (Fsp3) is 0.278. The van der Waals surface area contributed by atoms with Crippen LogP contribution < -0.4 is 5.32 Å². The smallest absolute Gasteiger partial charge is 0.325 e. The first-order valence-corrected chi connectivity index (χ1v) is 8.76. The molecule has 1 fully saturated rings. The van der Waals surface area contributed by atoms with Crippen molar-refractivity contribution in [1.29, 1.82) is 0 Å². The molecule has 1 saturated heterocycles. The number of benzene rings is 1. The topological polar surface area (TPSA) is 69.7 Å². The first kappa shape index (κ1) is 17.2. The second-order valence-electron chi connectivity index (χ2n) is 6.14. The van der Waals surface area contributed by atoms with Crippen molar-refractivity contribution >= 4 is 29.2 Å². The van der Waals surface area contributed by atoms with Crippen LogP contribution in [0.5, 0.6) is 0 Å². The van der Waals surface area contributed by atoms with Crippen LogP contribution in [0.25, 0.3) is 0 Å². The monoisotopic (exact) mass is 357 g/mol. The lowest BCUT2D eigenvalue weighted by Gasteiger charge is -2.23. The molecule has 0 bridgehead atoms. The first-order valence-electron chi connectivity index (χ1n) is 7.88. The van der Waals surface area contributed by atoms with Crippen molar-refractivity contribution in [1.82, 2.24) is 15.1 Å². The van der Waals surface area contributed by atoms with Gasteiger partial charge in [-0.25, -0.2) is 4.79 Å². The highest BCUT2D eigenvalue weighted by atomic mass is 32.1. The van der Waals surface area contributed by atoms with Gasteiger partial charge in [-0.2, -0.15) is 0 Å². The minimum absolute atomic E-state index is 0.269. The number of imide groups is 1. The summed E-state index contributed by atoms with van der Waals surface area (Å²) < 4.78 is 0. The molecule has 25 heavy (non-hydrogen) atoms. The Morgan fingerprint density at radius 3 is 2.56 bits per heavy atom. The van der Waals surface area contributed by atoms with E-state index in [9.17, 15) is 14.4 Å². The van der Waals surface area contributed by atoms with Crippen molar-refractivity contribution in [2.75, 3.05) is 13.6 Å². The first-order chi connectivity index (χ1) is 11.9. The van der Waals surface area contributed by atoms with Crippen molar-refractivity contribution in [2.24, 2.45) is 0 Å². The number of thiophene rings is 1. The zero-order chi connectivity index (χ0) is 18.0. The molecule has 7 heteroatoms. The van der Waals surface area contributed by atoms with E-state index in [0.717, 1.165) is 9.78 Å². The summed E-state index contributed by atoms with van der Waals surface area (Å²) in [6.45, 7) is 1.84. The normalized spacial score (nSPS) is 19.8. The van der Waals surface area contributed by atoms with E-state index in [-0.39, 0.29) is 12.5 Å². The lowest BCUT2D eigenvalue weighted by molar-refractivity contribution is -0.138. The Hall–Kier alpha value is -2.67. The fourth-order valence-electron chi connectivity index (χ4n) is 2.79. The Morgan fingerprint density at radius 1 is 1.20 bits per heavy atom. The molecule has 2 heterocycles. The highest BCUT2D eigenvalue weighted by Crippen LogP contribution is 2.28. The van der Waals surface area contributed by atoms with E-state index in [1.807, 2.05) is 35.7 Å². The SMILES string of the molecule is CN(Cc1cccs1)C(=O)CN1C(=O)NC(C)(c2ccccc2)C1=O. The molecule has 2 aromatic rings. The molecule has 1 aromatic carbocycles. The van der Waals surface area contributed by atoms with Crippen LogP contribution in [-0.4, -0.2) is 41.2 Å². The van der Waals surface area contributed by atoms with Gasteiger partial charge in [0, 0.05) is 11.9 Å². The average molecular weight is 357 g/mol. The minimum Gasteiger partial charge on any atom is -0.339 e. The number of rotatable bonds is 5. The number of carbonyl (C=O) groups excluding carboxylic acids is 3. The molecule has 1 atom stereocenters. The van der Waals surface area contributed by atoms with E-state index >= 15 is 0 Å². The van der Waals surface area contributed by atoms with Crippen molar-refractivity contribution in [2.45, 2.75) is 19.0 Å². The maximum Gasteiger partial charge on any atom is 0.325 e. The summed E-state index contributed by atoms with van der Waals surface area (Å²) in [7, 11) is 1.66. The van der Waals surface area contributed by atoms with Crippen LogP contribution in [0, 0.1) is 0 Å². The summed E-state index contributed by atoms with van der Waals surface area (Å²) in [4.78, 5) is 41.0. The highest BCUT2D eigenvalue weighted by Gasteiger charge is 2.49. The van der Waals surface area contributed by atoms with E-state index in [0.29, 0.717) is 12.1 Å². The van der Waals surface area contributed by atoms with Gasteiger partial charge in [0.25, 0.3) is 5.91 Å². The van der Waals surface area contributed by atoms with E-state index in [1.165, 1.54) is 4.90 Å². The second kappa shape index (κ2) is 6.68. The van der Waals surface area contributed by atoms with Gasteiger partial charge >= 0.3 is 6.03 Å². The molecule has 3 rings (SSSR count). The van der Waals surface area contributed by atoms with Crippen LogP contribution in [0.1, 0.15) is 17.4 Å². The highest BCUT2D eigenvalue weighted by molar-refractivity contribution is 7.09. The van der Waals surface area contributed by atoms with Gasteiger partial charge in [-0.15, -0.1) is 11.3 Å². The number of urea groups is 1. The quantitative estimate of drug-likeness (QED) is 0.834. The van der Waals surface area contributed by atoms with Crippen molar-refractivity contribution in [3.8, 4) is 0 Å². The zero-order valence-electron chi connectivity index (χ0n) is 14.1. The summed E-state index contributed by atoms with van der Waals surface area (Å²) >= 11 is 1.56. The number of likely N-dealkylation sites (N-methyl/N-ethyl adjacent to an activating group) is 1. The number of hydrogen-bond donors (Lipinski definition) is 1. The molecular weight excluding hydrogens is 338 g/mol. The number of nitrogens with one attached hydrogen (secondary N) is 1. The minimum atomic E-state index is -1.15. The van der Waals surface area contributed by atoms with Crippen molar-refractivity contribution in [3.63, 3.8) is 0 Å². The summed E-state index contributed by atoms with van der Waals surface area (Å²) in [5.41, 5.74) is -0.458. The number of nitrogens with zero attached hydrogens (tertiary/aromatic N) is 2. The summed E-state index contributed by atoms with van der Waals surface area (Å²) in [5.74, 6) is -0.698. The summed E-state index contributed by atoms with van der Waals surface area (Å²) in [5, 5.41) is 4.65. The van der Waals surface area contributed by atoms with Gasteiger partial charge < -0.3 is 10.2 Å². The van der Waals surface area contributed by atoms with E-state index in [2.05, 4.69) is 5.32 Å². The van der Waals surface area contributed by atoms with Gasteiger partial charge in [0.05, 0.1) is 6.54 Å². The third-order valence-corrected chi connectivity index (χ3v) is 5.18. The predicted molar refractivity (Wildman–Crippen MR) is 94.8 cm³/mol. The molecule has 1 unspecified atom stereocenters. The van der Waals surface area contributed by atoms with Crippen LogP contribution in [-0.2, 0) is 21.7 Å². The standard InChI is InChI=1S/C18H19N3O3S/c1-18(13-7-4-3-5-8-13)16(23)21(17(24)19-18)12-15(22)20(2)11-14-9-6-10-25-14/h3-10H,11-12H2,1-2H3,(H,19,24). The molecule has 0 radical (unpaired) electrons. The van der Waals surface area contributed by atoms with Gasteiger partial charge in [-0.1, -0.05) is 36.4 Å². The Balaban J connectivity index is 1.71. The Bertz CT molecular complexity index is 791. The van der Waals surface area contributed by atoms with Gasteiger partial charge in [0.2, 0.25) is 5.91 Å². The summed E-state index contributed by atoms with van der Waals surface area (Å²) in [6.07, 6.45) is 0. The van der Waals surface area contributed by atoms with Crippen molar-refractivity contribution < 1.29 is 14.4 Å². The molecule has 1 aromatic heterocycles. The van der Waals surface area contributed by atoms with Crippen molar-refractivity contribution in [3.05, 3.63) is 58.3 Å². The molecule has 6 nitrogen and oxygen atoms in total. The Labute approximate surface area is 150 Å². The van der Waals surface area contributed by atoms with Gasteiger partial charge in [0.15, 0.2) is 0 Å². The molecule has 1 N–H and O–H groups in total. The molecule has 1 aliphatic heterocycles. The molecule has 0 aliphatic carbocycles. The van der Waals surface area contributed by atoms with Gasteiger partial charge in [-0.3, -0.25) is 14.5 Å². The molecular formula is C18H19N3O3S. The number of amides is 4. The van der Waals surface area contributed by atoms with Crippen LogP contribution >= 0.6 is 11.3 Å². The third kappa shape index (κ3) is 3.28. The number of carbonyl (C=O) groups is 3. The average Bonchev–Trinajstić information content (AvgIpc) is 3.18. The fourth-order valence-corrected chi connectivity index (χ4v) is 3.55. The van der Waals surface area contributed by atoms with Crippen LogP contribution in [0.4, 0.5) is 4.79 Å². The maximum atomic E-state index is 12.8. The summed E-state index contributed by atoms with van der Waals surface area (Å²) in [6, 6.07) is 12.3. The maximum absolute atomic E-state index is 12.8. The lowest BCUT2D eigenvalue weighted by atomic mass is 9.92. The van der Waals surface area contributed by atoms with Crippen LogP contribution in [0.15, 0.2) is 47.8 Å². The Kier molecular flexibility index (Phi) is 4.59. The molecule has 0 saturated carbocycles. The second-order valence-corrected chi connectivity index (χ2v) is 7.17. The third-order valence-electron chi connectivity index (χ3n) is 4.32. The number of hydrogen-bond acceptors (Lipinski definition) is 4. The molecule has 0 spiro atoms. The van der Waals surface area contributed by atoms with Gasteiger partial charge in [-0.05, 0) is 23.9 Å². The molecule has 4 amide bonds. The Morgan fingerprint density at radius 2 is 1.92 bits per heavy atom. The van der Waals surface area contributed by atoms with Gasteiger partial charge in [0.1, 0.15) is 12.1 Å². The predicted octanol–water partition coefficient (Wildman–Crippen LogP) is 2.17. The molecule has 130 valence electrons. The van der Waals surface area contributed by atoms with E-state index < -0.39 is 17.5 Å². The van der Waals surface area contributed by atoms with Crippen LogP contribution in [0.3, 0.4) is 0 Å². The largest absolute Gasteiger partial charge is 0.339 e. The zero-order valence-corrected chi connectivity index (χ0v) is 14.9. The lowest BCUT2D eigenvalue weighted by Crippen LogP contribution is -2.43. The van der Waals surface area contributed by atoms with E-state index in [1.54, 1.807) is 37.4 Å². The van der Waals surface area contributed by atoms with Crippen LogP contribution in [0.2, 0.25) is 0 Å². The van der Waals surface area contributed by atoms with E-state index in [4.69, 9.17) is 0 Å².